The highest BCUT2D eigenvalue weighted by atomic mass is 16.5. The summed E-state index contributed by atoms with van der Waals surface area (Å²) >= 11 is 0. The molecule has 0 radical (unpaired) electrons. The van der Waals surface area contributed by atoms with Crippen LogP contribution < -0.4 is 9.47 Å². The van der Waals surface area contributed by atoms with Gasteiger partial charge in [0.25, 0.3) is 0 Å². The normalized spacial score (nSPS) is 15.2. The molecule has 0 atom stereocenters. The first-order valence-corrected chi connectivity index (χ1v) is 5.73. The zero-order valence-electron chi connectivity index (χ0n) is 10.4. The molecule has 2 rings (SSSR count). The smallest absolute Gasteiger partial charge is 0.182 e. The average molecular weight is 232 g/mol. The molecule has 4 heteroatoms. The Kier molecular flexibility index (Phi) is 2.93. The zero-order chi connectivity index (χ0) is 12.5. The van der Waals surface area contributed by atoms with E-state index in [0.29, 0.717) is 17.1 Å². The van der Waals surface area contributed by atoms with Crippen LogP contribution in [0.4, 0.5) is 0 Å². The third-order valence-electron chi connectivity index (χ3n) is 2.21. The molecule has 0 aromatic carbocycles. The molecule has 17 heavy (non-hydrogen) atoms. The molecular weight excluding hydrogens is 216 g/mol. The Morgan fingerprint density at radius 3 is 2.59 bits per heavy atom. The van der Waals surface area contributed by atoms with Crippen LogP contribution in [0.2, 0.25) is 0 Å². The molecule has 0 amide bonds. The van der Waals surface area contributed by atoms with Crippen molar-refractivity contribution in [2.75, 3.05) is 0 Å². The predicted molar refractivity (Wildman–Crippen MR) is 63.0 cm³/mol. The van der Waals surface area contributed by atoms with Crippen LogP contribution in [0.25, 0.3) is 0 Å². The fraction of sp³-hybridized carbons (Fsp3) is 0.538. The van der Waals surface area contributed by atoms with Gasteiger partial charge in [-0.2, -0.15) is 5.26 Å². The second kappa shape index (κ2) is 4.25. The summed E-state index contributed by atoms with van der Waals surface area (Å²) in [5.74, 6) is 1.07. The number of ether oxygens (including phenoxy) is 2. The van der Waals surface area contributed by atoms with Gasteiger partial charge in [0.1, 0.15) is 17.2 Å². The molecule has 4 nitrogen and oxygen atoms in total. The maximum atomic E-state index is 9.06. The largest absolute Gasteiger partial charge is 0.485 e. The topological polar surface area (TPSA) is 55.1 Å². The molecule has 1 aliphatic carbocycles. The van der Waals surface area contributed by atoms with Gasteiger partial charge in [-0.05, 0) is 33.6 Å². The van der Waals surface area contributed by atoms with Crippen molar-refractivity contribution in [2.45, 2.75) is 45.3 Å². The highest BCUT2D eigenvalue weighted by Gasteiger charge is 2.27. The monoisotopic (exact) mass is 232 g/mol. The summed E-state index contributed by atoms with van der Waals surface area (Å²) in [6.45, 7) is 5.82. The van der Waals surface area contributed by atoms with Crippen LogP contribution in [0.15, 0.2) is 12.4 Å². The number of pyridine rings is 1. The highest BCUT2D eigenvalue weighted by Crippen LogP contribution is 2.36. The molecule has 1 aromatic rings. The van der Waals surface area contributed by atoms with Crippen molar-refractivity contribution in [3.05, 3.63) is 18.0 Å². The van der Waals surface area contributed by atoms with E-state index in [9.17, 15) is 0 Å². The van der Waals surface area contributed by atoms with Crippen LogP contribution in [-0.4, -0.2) is 16.7 Å². The number of nitrogens with zero attached hydrogens (tertiary/aromatic N) is 2. The van der Waals surface area contributed by atoms with E-state index in [1.807, 2.05) is 20.8 Å². The minimum atomic E-state index is -0.366. The van der Waals surface area contributed by atoms with Crippen molar-refractivity contribution in [1.29, 1.82) is 5.26 Å². The molecule has 1 saturated carbocycles. The van der Waals surface area contributed by atoms with Gasteiger partial charge < -0.3 is 9.47 Å². The van der Waals surface area contributed by atoms with Crippen LogP contribution in [0.5, 0.6) is 11.5 Å². The van der Waals surface area contributed by atoms with Gasteiger partial charge in [-0.25, -0.2) is 0 Å². The minimum Gasteiger partial charge on any atom is -0.485 e. The zero-order valence-corrected chi connectivity index (χ0v) is 10.4. The number of nitriles is 1. The molecule has 0 saturated heterocycles. The van der Waals surface area contributed by atoms with E-state index < -0.39 is 0 Å². The highest BCUT2D eigenvalue weighted by molar-refractivity contribution is 5.50. The summed E-state index contributed by atoms with van der Waals surface area (Å²) in [6.07, 6.45) is 5.49. The molecule has 0 spiro atoms. The molecule has 0 bridgehead atoms. The van der Waals surface area contributed by atoms with Gasteiger partial charge in [0, 0.05) is 6.20 Å². The molecule has 0 N–H and O–H groups in total. The van der Waals surface area contributed by atoms with Crippen LogP contribution in [-0.2, 0) is 0 Å². The van der Waals surface area contributed by atoms with Crippen LogP contribution in [0, 0.1) is 11.3 Å². The third kappa shape index (κ3) is 3.10. The van der Waals surface area contributed by atoms with Gasteiger partial charge in [0.2, 0.25) is 0 Å². The maximum absolute atomic E-state index is 9.06. The van der Waals surface area contributed by atoms with Gasteiger partial charge in [0.05, 0.1) is 12.3 Å². The van der Waals surface area contributed by atoms with Crippen molar-refractivity contribution in [1.82, 2.24) is 4.98 Å². The van der Waals surface area contributed by atoms with Crippen molar-refractivity contribution >= 4 is 0 Å². The van der Waals surface area contributed by atoms with Crippen LogP contribution in [0.3, 0.4) is 0 Å². The Morgan fingerprint density at radius 2 is 2.06 bits per heavy atom. The fourth-order valence-corrected chi connectivity index (χ4v) is 1.37. The molecule has 90 valence electrons. The van der Waals surface area contributed by atoms with Gasteiger partial charge >= 0.3 is 0 Å². The number of rotatable bonds is 3. The predicted octanol–water partition coefficient (Wildman–Crippen LogP) is 2.67. The summed E-state index contributed by atoms with van der Waals surface area (Å²) in [4.78, 5) is 4.00. The van der Waals surface area contributed by atoms with Gasteiger partial charge in [-0.15, -0.1) is 0 Å². The Labute approximate surface area is 101 Å². The summed E-state index contributed by atoms with van der Waals surface area (Å²) in [7, 11) is 0. The second-order valence-electron chi connectivity index (χ2n) is 5.16. The van der Waals surface area contributed by atoms with E-state index in [4.69, 9.17) is 14.7 Å². The second-order valence-corrected chi connectivity index (χ2v) is 5.16. The summed E-state index contributed by atoms with van der Waals surface area (Å²) < 4.78 is 11.5. The van der Waals surface area contributed by atoms with Crippen molar-refractivity contribution < 1.29 is 9.47 Å². The lowest BCUT2D eigenvalue weighted by Gasteiger charge is -2.23. The summed E-state index contributed by atoms with van der Waals surface area (Å²) in [5, 5.41) is 9.06. The maximum Gasteiger partial charge on any atom is 0.182 e. The SMILES string of the molecule is CC(C)(C)Oc1c(C#N)cncc1OC1CC1. The average Bonchev–Trinajstić information content (AvgIpc) is 3.02. The van der Waals surface area contributed by atoms with Crippen molar-refractivity contribution in [3.8, 4) is 17.6 Å². The molecule has 0 unspecified atom stereocenters. The third-order valence-corrected chi connectivity index (χ3v) is 2.21. The van der Waals surface area contributed by atoms with Crippen LogP contribution >= 0.6 is 0 Å². The Morgan fingerprint density at radius 1 is 1.35 bits per heavy atom. The molecular formula is C13H16N2O2. The lowest BCUT2D eigenvalue weighted by molar-refractivity contribution is 0.122. The van der Waals surface area contributed by atoms with E-state index in [0.717, 1.165) is 12.8 Å². The van der Waals surface area contributed by atoms with Gasteiger partial charge in [-0.3, -0.25) is 4.98 Å². The Hall–Kier alpha value is -1.76. The molecule has 1 aromatic heterocycles. The van der Waals surface area contributed by atoms with E-state index in [2.05, 4.69) is 11.1 Å². The van der Waals surface area contributed by atoms with Gasteiger partial charge in [-0.1, -0.05) is 0 Å². The lowest BCUT2D eigenvalue weighted by atomic mass is 10.2. The van der Waals surface area contributed by atoms with E-state index in [1.54, 1.807) is 6.20 Å². The summed E-state index contributed by atoms with van der Waals surface area (Å²) in [6, 6.07) is 2.08. The first-order chi connectivity index (χ1) is 7.99. The molecule has 1 aliphatic rings. The molecule has 0 aliphatic heterocycles. The van der Waals surface area contributed by atoms with Crippen LogP contribution in [0.1, 0.15) is 39.2 Å². The number of aromatic nitrogens is 1. The lowest BCUT2D eigenvalue weighted by Crippen LogP contribution is -2.24. The first-order valence-electron chi connectivity index (χ1n) is 5.73. The Balaban J connectivity index is 2.32. The molecule has 1 heterocycles. The minimum absolute atomic E-state index is 0.257. The van der Waals surface area contributed by atoms with Crippen molar-refractivity contribution in [3.63, 3.8) is 0 Å². The number of hydrogen-bond donors (Lipinski definition) is 0. The van der Waals surface area contributed by atoms with E-state index in [-0.39, 0.29) is 11.7 Å². The molecule has 1 fully saturated rings. The quantitative estimate of drug-likeness (QED) is 0.804. The standard InChI is InChI=1S/C13H16N2O2/c1-13(2,3)17-12-9(6-14)7-15-8-11(12)16-10-4-5-10/h7-8,10H,4-5H2,1-3H3. The number of hydrogen-bond acceptors (Lipinski definition) is 4. The van der Waals surface area contributed by atoms with E-state index >= 15 is 0 Å². The first kappa shape index (κ1) is 11.7. The van der Waals surface area contributed by atoms with Crippen molar-refractivity contribution in [2.24, 2.45) is 0 Å². The Bertz CT molecular complexity index is 453. The summed E-state index contributed by atoms with van der Waals surface area (Å²) in [5.41, 5.74) is 0.0484. The van der Waals surface area contributed by atoms with Gasteiger partial charge in [0.15, 0.2) is 11.5 Å². The van der Waals surface area contributed by atoms with E-state index in [1.165, 1.54) is 6.20 Å². The fourth-order valence-electron chi connectivity index (χ4n) is 1.37.